The molecule has 2 heterocycles. The standard InChI is InChI=1S/C14H19N3S/c1-15-10-11-6-4-5-9-17(11)14-16-12-7-2-3-8-13(12)18-14/h2-3,7-8,11,15H,4-6,9-10H2,1H3. The van der Waals surface area contributed by atoms with Gasteiger partial charge in [-0.05, 0) is 38.4 Å². The third-order valence-corrected chi connectivity index (χ3v) is 4.67. The third kappa shape index (κ3) is 2.22. The van der Waals surface area contributed by atoms with Crippen molar-refractivity contribution < 1.29 is 0 Å². The van der Waals surface area contributed by atoms with E-state index in [4.69, 9.17) is 4.98 Å². The first-order valence-corrected chi connectivity index (χ1v) is 7.47. The predicted octanol–water partition coefficient (Wildman–Crippen LogP) is 2.87. The average molecular weight is 261 g/mol. The number of aromatic nitrogens is 1. The fourth-order valence-corrected chi connectivity index (χ4v) is 3.75. The topological polar surface area (TPSA) is 28.2 Å². The van der Waals surface area contributed by atoms with E-state index in [1.165, 1.54) is 29.1 Å². The summed E-state index contributed by atoms with van der Waals surface area (Å²) in [5.41, 5.74) is 1.13. The lowest BCUT2D eigenvalue weighted by atomic mass is 10.0. The number of benzene rings is 1. The maximum absolute atomic E-state index is 4.79. The van der Waals surface area contributed by atoms with Crippen LogP contribution < -0.4 is 10.2 Å². The zero-order valence-electron chi connectivity index (χ0n) is 10.7. The molecular weight excluding hydrogens is 242 g/mol. The van der Waals surface area contributed by atoms with Crippen LogP contribution in [0, 0.1) is 0 Å². The lowest BCUT2D eigenvalue weighted by Gasteiger charge is -2.35. The number of hydrogen-bond acceptors (Lipinski definition) is 4. The van der Waals surface area contributed by atoms with Crippen molar-refractivity contribution in [3.63, 3.8) is 0 Å². The van der Waals surface area contributed by atoms with E-state index in [2.05, 4.69) is 34.5 Å². The Labute approximate surface area is 112 Å². The van der Waals surface area contributed by atoms with Crippen molar-refractivity contribution in [1.82, 2.24) is 10.3 Å². The molecule has 1 aromatic carbocycles. The van der Waals surface area contributed by atoms with E-state index in [1.54, 1.807) is 0 Å². The molecule has 0 amide bonds. The zero-order valence-corrected chi connectivity index (χ0v) is 11.5. The number of nitrogens with one attached hydrogen (secondary N) is 1. The molecule has 0 saturated carbocycles. The molecule has 1 N–H and O–H groups in total. The number of thiazole rings is 1. The molecule has 1 aliphatic rings. The lowest BCUT2D eigenvalue weighted by Crippen LogP contribution is -2.44. The molecule has 0 bridgehead atoms. The highest BCUT2D eigenvalue weighted by Gasteiger charge is 2.24. The average Bonchev–Trinajstić information content (AvgIpc) is 2.83. The van der Waals surface area contributed by atoms with E-state index in [0.717, 1.165) is 18.6 Å². The van der Waals surface area contributed by atoms with Crippen LogP contribution in [0.1, 0.15) is 19.3 Å². The largest absolute Gasteiger partial charge is 0.344 e. The van der Waals surface area contributed by atoms with Gasteiger partial charge in [-0.1, -0.05) is 23.5 Å². The SMILES string of the molecule is CNCC1CCCCN1c1nc2ccccc2s1. The van der Waals surface area contributed by atoms with Crippen LogP contribution >= 0.6 is 11.3 Å². The predicted molar refractivity (Wildman–Crippen MR) is 78.5 cm³/mol. The highest BCUT2D eigenvalue weighted by molar-refractivity contribution is 7.22. The normalized spacial score (nSPS) is 20.5. The van der Waals surface area contributed by atoms with Gasteiger partial charge in [0.2, 0.25) is 0 Å². The summed E-state index contributed by atoms with van der Waals surface area (Å²) in [5, 5.41) is 4.50. The van der Waals surface area contributed by atoms with E-state index >= 15 is 0 Å². The van der Waals surface area contributed by atoms with Gasteiger partial charge >= 0.3 is 0 Å². The van der Waals surface area contributed by atoms with Gasteiger partial charge in [-0.15, -0.1) is 0 Å². The Morgan fingerprint density at radius 3 is 3.11 bits per heavy atom. The number of rotatable bonds is 3. The molecule has 1 fully saturated rings. The van der Waals surface area contributed by atoms with Crippen molar-refractivity contribution >= 4 is 26.7 Å². The fraction of sp³-hybridized carbons (Fsp3) is 0.500. The smallest absolute Gasteiger partial charge is 0.186 e. The second kappa shape index (κ2) is 5.24. The Balaban J connectivity index is 1.91. The summed E-state index contributed by atoms with van der Waals surface area (Å²) >= 11 is 1.82. The summed E-state index contributed by atoms with van der Waals surface area (Å²) < 4.78 is 1.29. The first kappa shape index (κ1) is 11.9. The Kier molecular flexibility index (Phi) is 3.48. The second-order valence-electron chi connectivity index (χ2n) is 4.86. The van der Waals surface area contributed by atoms with Crippen LogP contribution in [0.5, 0.6) is 0 Å². The Hall–Kier alpha value is -1.13. The summed E-state index contributed by atoms with van der Waals surface area (Å²) in [6.07, 6.45) is 3.90. The van der Waals surface area contributed by atoms with Crippen molar-refractivity contribution in [3.8, 4) is 0 Å². The van der Waals surface area contributed by atoms with Crippen molar-refractivity contribution in [2.75, 3.05) is 25.0 Å². The number of likely N-dealkylation sites (N-methyl/N-ethyl adjacent to an activating group) is 1. The minimum atomic E-state index is 0.601. The van der Waals surface area contributed by atoms with E-state index in [9.17, 15) is 0 Å². The molecule has 1 aliphatic heterocycles. The molecule has 2 aromatic rings. The number of fused-ring (bicyclic) bond motifs is 1. The summed E-state index contributed by atoms with van der Waals surface area (Å²) in [7, 11) is 2.03. The molecule has 3 nitrogen and oxygen atoms in total. The number of piperidine rings is 1. The van der Waals surface area contributed by atoms with Gasteiger partial charge in [0.15, 0.2) is 5.13 Å². The maximum atomic E-state index is 4.79. The molecule has 0 radical (unpaired) electrons. The van der Waals surface area contributed by atoms with Crippen LogP contribution in [-0.2, 0) is 0 Å². The molecule has 18 heavy (non-hydrogen) atoms. The van der Waals surface area contributed by atoms with E-state index < -0.39 is 0 Å². The molecule has 4 heteroatoms. The first-order valence-electron chi connectivity index (χ1n) is 6.65. The van der Waals surface area contributed by atoms with Gasteiger partial charge in [0, 0.05) is 19.1 Å². The van der Waals surface area contributed by atoms with Crippen molar-refractivity contribution in [2.45, 2.75) is 25.3 Å². The van der Waals surface area contributed by atoms with Crippen LogP contribution in [-0.4, -0.2) is 31.2 Å². The lowest BCUT2D eigenvalue weighted by molar-refractivity contribution is 0.446. The van der Waals surface area contributed by atoms with Crippen molar-refractivity contribution in [1.29, 1.82) is 0 Å². The van der Waals surface area contributed by atoms with E-state index in [0.29, 0.717) is 6.04 Å². The highest BCUT2D eigenvalue weighted by atomic mass is 32.1. The fourth-order valence-electron chi connectivity index (χ4n) is 2.68. The van der Waals surface area contributed by atoms with Crippen LogP contribution in [0.3, 0.4) is 0 Å². The van der Waals surface area contributed by atoms with Gasteiger partial charge in [-0.2, -0.15) is 0 Å². The summed E-state index contributed by atoms with van der Waals surface area (Å²) in [4.78, 5) is 7.28. The van der Waals surface area contributed by atoms with Gasteiger partial charge in [0.1, 0.15) is 0 Å². The summed E-state index contributed by atoms with van der Waals surface area (Å²) in [5.74, 6) is 0. The monoisotopic (exact) mass is 261 g/mol. The van der Waals surface area contributed by atoms with Gasteiger partial charge in [-0.3, -0.25) is 0 Å². The summed E-state index contributed by atoms with van der Waals surface area (Å²) in [6, 6.07) is 9.02. The number of anilines is 1. The van der Waals surface area contributed by atoms with Gasteiger partial charge in [0.25, 0.3) is 0 Å². The minimum absolute atomic E-state index is 0.601. The van der Waals surface area contributed by atoms with E-state index in [-0.39, 0.29) is 0 Å². The highest BCUT2D eigenvalue weighted by Crippen LogP contribution is 2.32. The quantitative estimate of drug-likeness (QED) is 0.921. The van der Waals surface area contributed by atoms with Gasteiger partial charge in [-0.25, -0.2) is 4.98 Å². The number of hydrogen-bond donors (Lipinski definition) is 1. The van der Waals surface area contributed by atoms with Crippen LogP contribution in [0.4, 0.5) is 5.13 Å². The molecule has 0 spiro atoms. The third-order valence-electron chi connectivity index (χ3n) is 3.60. The Bertz CT molecular complexity index is 487. The molecular formula is C14H19N3S. The van der Waals surface area contributed by atoms with Crippen molar-refractivity contribution in [3.05, 3.63) is 24.3 Å². The number of para-hydroxylation sites is 1. The molecule has 1 saturated heterocycles. The Morgan fingerprint density at radius 2 is 2.28 bits per heavy atom. The molecule has 0 aliphatic carbocycles. The van der Waals surface area contributed by atoms with Crippen LogP contribution in [0.25, 0.3) is 10.2 Å². The first-order chi connectivity index (χ1) is 8.88. The van der Waals surface area contributed by atoms with Gasteiger partial charge in [0.05, 0.1) is 10.2 Å². The van der Waals surface area contributed by atoms with Gasteiger partial charge < -0.3 is 10.2 Å². The Morgan fingerprint density at radius 1 is 1.39 bits per heavy atom. The molecule has 3 rings (SSSR count). The van der Waals surface area contributed by atoms with Crippen LogP contribution in [0.2, 0.25) is 0 Å². The zero-order chi connectivity index (χ0) is 12.4. The molecule has 1 unspecified atom stereocenters. The molecule has 1 atom stereocenters. The number of nitrogens with zero attached hydrogens (tertiary/aromatic N) is 2. The molecule has 1 aromatic heterocycles. The minimum Gasteiger partial charge on any atom is -0.344 e. The van der Waals surface area contributed by atoms with Crippen molar-refractivity contribution in [2.24, 2.45) is 0 Å². The second-order valence-corrected chi connectivity index (χ2v) is 5.87. The summed E-state index contributed by atoms with van der Waals surface area (Å²) in [6.45, 7) is 2.20. The van der Waals surface area contributed by atoms with Crippen LogP contribution in [0.15, 0.2) is 24.3 Å². The maximum Gasteiger partial charge on any atom is 0.186 e. The molecule has 96 valence electrons. The van der Waals surface area contributed by atoms with E-state index in [1.807, 2.05) is 18.4 Å².